The van der Waals surface area contributed by atoms with Crippen molar-refractivity contribution in [1.82, 2.24) is 4.90 Å². The molecule has 0 bridgehead atoms. The molecule has 1 N–H and O–H groups in total. The number of carbonyl (C=O) groups is 2. The SMILES string of the molecule is CCOC(=O)CN1C(=O)c2ccccc2C1(O)Cc1ccc(Cl)cc1. The first-order valence-corrected chi connectivity index (χ1v) is 8.37. The van der Waals surface area contributed by atoms with E-state index >= 15 is 0 Å². The number of nitrogens with zero attached hydrogens (tertiary/aromatic N) is 1. The van der Waals surface area contributed by atoms with Gasteiger partial charge in [-0.05, 0) is 30.7 Å². The van der Waals surface area contributed by atoms with E-state index in [0.717, 1.165) is 5.56 Å². The van der Waals surface area contributed by atoms with E-state index in [4.69, 9.17) is 16.3 Å². The zero-order chi connectivity index (χ0) is 18.0. The Bertz CT molecular complexity index is 805. The van der Waals surface area contributed by atoms with Crippen LogP contribution in [0.25, 0.3) is 0 Å². The second kappa shape index (κ2) is 6.86. The van der Waals surface area contributed by atoms with Gasteiger partial charge in [-0.15, -0.1) is 0 Å². The number of amides is 1. The molecular weight excluding hydrogens is 342 g/mol. The van der Waals surface area contributed by atoms with E-state index in [2.05, 4.69) is 0 Å². The summed E-state index contributed by atoms with van der Waals surface area (Å²) < 4.78 is 4.95. The van der Waals surface area contributed by atoms with Crippen LogP contribution in [0, 0.1) is 0 Å². The smallest absolute Gasteiger partial charge is 0.325 e. The molecule has 5 nitrogen and oxygen atoms in total. The number of hydrogen-bond donors (Lipinski definition) is 1. The first kappa shape index (κ1) is 17.5. The standard InChI is InChI=1S/C19H18ClNO4/c1-2-25-17(22)12-21-18(23)15-5-3-4-6-16(15)19(21,24)11-13-7-9-14(20)10-8-13/h3-10,24H,2,11-12H2,1H3. The maximum absolute atomic E-state index is 12.7. The predicted octanol–water partition coefficient (Wildman–Crippen LogP) is 2.75. The van der Waals surface area contributed by atoms with Gasteiger partial charge in [-0.3, -0.25) is 14.5 Å². The molecular formula is C19H18ClNO4. The van der Waals surface area contributed by atoms with E-state index in [1.54, 1.807) is 55.5 Å². The normalized spacial score (nSPS) is 19.0. The third-order valence-corrected chi connectivity index (χ3v) is 4.49. The van der Waals surface area contributed by atoms with Gasteiger partial charge in [0.15, 0.2) is 5.72 Å². The number of rotatable bonds is 5. The summed E-state index contributed by atoms with van der Waals surface area (Å²) in [5.41, 5.74) is 0.0571. The Morgan fingerprint density at radius 2 is 1.88 bits per heavy atom. The van der Waals surface area contributed by atoms with Gasteiger partial charge < -0.3 is 9.84 Å². The van der Waals surface area contributed by atoms with Crippen LogP contribution >= 0.6 is 11.6 Å². The Hall–Kier alpha value is -2.37. The van der Waals surface area contributed by atoms with Crippen LogP contribution in [0.15, 0.2) is 48.5 Å². The van der Waals surface area contributed by atoms with Gasteiger partial charge in [-0.2, -0.15) is 0 Å². The van der Waals surface area contributed by atoms with Crippen molar-refractivity contribution >= 4 is 23.5 Å². The molecule has 0 saturated carbocycles. The van der Waals surface area contributed by atoms with Gasteiger partial charge in [0.2, 0.25) is 0 Å². The Balaban J connectivity index is 1.99. The minimum Gasteiger partial charge on any atom is -0.465 e. The first-order chi connectivity index (χ1) is 12.0. The van der Waals surface area contributed by atoms with Crippen molar-refractivity contribution in [1.29, 1.82) is 0 Å². The third kappa shape index (κ3) is 3.25. The Kier molecular flexibility index (Phi) is 4.79. The first-order valence-electron chi connectivity index (χ1n) is 7.99. The Morgan fingerprint density at radius 3 is 2.56 bits per heavy atom. The maximum Gasteiger partial charge on any atom is 0.325 e. The van der Waals surface area contributed by atoms with Gasteiger partial charge >= 0.3 is 5.97 Å². The predicted molar refractivity (Wildman–Crippen MR) is 93.2 cm³/mol. The van der Waals surface area contributed by atoms with Crippen LogP contribution in [0.3, 0.4) is 0 Å². The van der Waals surface area contributed by atoms with Crippen LogP contribution in [0.5, 0.6) is 0 Å². The monoisotopic (exact) mass is 359 g/mol. The van der Waals surface area contributed by atoms with E-state index in [-0.39, 0.29) is 25.5 Å². The highest BCUT2D eigenvalue weighted by molar-refractivity contribution is 6.30. The van der Waals surface area contributed by atoms with Gasteiger partial charge in [-0.25, -0.2) is 0 Å². The molecule has 1 heterocycles. The summed E-state index contributed by atoms with van der Waals surface area (Å²) in [7, 11) is 0. The molecule has 1 aliphatic heterocycles. The van der Waals surface area contributed by atoms with Gasteiger partial charge in [0.05, 0.1) is 6.61 Å². The number of fused-ring (bicyclic) bond motifs is 1. The Morgan fingerprint density at radius 1 is 1.20 bits per heavy atom. The van der Waals surface area contributed by atoms with E-state index < -0.39 is 11.7 Å². The summed E-state index contributed by atoms with van der Waals surface area (Å²) in [6.07, 6.45) is 0.145. The molecule has 1 amide bonds. The third-order valence-electron chi connectivity index (χ3n) is 4.24. The number of esters is 1. The van der Waals surface area contributed by atoms with Crippen molar-refractivity contribution in [2.24, 2.45) is 0 Å². The second-order valence-corrected chi connectivity index (χ2v) is 6.30. The molecule has 0 radical (unpaired) electrons. The molecule has 1 unspecified atom stereocenters. The molecule has 1 aliphatic rings. The average Bonchev–Trinajstić information content (AvgIpc) is 2.80. The van der Waals surface area contributed by atoms with Crippen molar-refractivity contribution in [2.75, 3.05) is 13.2 Å². The minimum absolute atomic E-state index is 0.145. The topological polar surface area (TPSA) is 66.8 Å². The molecule has 0 fully saturated rings. The van der Waals surface area contributed by atoms with Crippen LogP contribution in [0.2, 0.25) is 5.02 Å². The molecule has 1 atom stereocenters. The lowest BCUT2D eigenvalue weighted by Gasteiger charge is -2.34. The molecule has 2 aromatic rings. The van der Waals surface area contributed by atoms with Crippen molar-refractivity contribution < 1.29 is 19.4 Å². The lowest BCUT2D eigenvalue weighted by molar-refractivity contribution is -0.151. The molecule has 0 spiro atoms. The van der Waals surface area contributed by atoms with Crippen molar-refractivity contribution in [3.63, 3.8) is 0 Å². The quantitative estimate of drug-likeness (QED) is 0.833. The number of aliphatic hydroxyl groups is 1. The van der Waals surface area contributed by atoms with E-state index in [1.165, 1.54) is 4.90 Å². The van der Waals surface area contributed by atoms with Crippen molar-refractivity contribution in [2.45, 2.75) is 19.1 Å². The van der Waals surface area contributed by atoms with Crippen LogP contribution in [-0.4, -0.2) is 35.0 Å². The van der Waals surface area contributed by atoms with Crippen LogP contribution in [-0.2, 0) is 21.7 Å². The van der Waals surface area contributed by atoms with Crippen molar-refractivity contribution in [3.05, 3.63) is 70.2 Å². The van der Waals surface area contributed by atoms with Crippen molar-refractivity contribution in [3.8, 4) is 0 Å². The highest BCUT2D eigenvalue weighted by Gasteiger charge is 2.49. The van der Waals surface area contributed by atoms with Crippen LogP contribution in [0.1, 0.15) is 28.4 Å². The van der Waals surface area contributed by atoms with E-state index in [9.17, 15) is 14.7 Å². The van der Waals surface area contributed by atoms with Gasteiger partial charge in [0, 0.05) is 22.6 Å². The molecule has 6 heteroatoms. The number of hydrogen-bond acceptors (Lipinski definition) is 4. The minimum atomic E-state index is -1.62. The fourth-order valence-corrected chi connectivity index (χ4v) is 3.22. The summed E-state index contributed by atoms with van der Waals surface area (Å²) in [6, 6.07) is 13.9. The number of carbonyl (C=O) groups excluding carboxylic acids is 2. The summed E-state index contributed by atoms with van der Waals surface area (Å²) >= 11 is 5.91. The molecule has 2 aromatic carbocycles. The molecule has 0 aliphatic carbocycles. The fraction of sp³-hybridized carbons (Fsp3) is 0.263. The molecule has 25 heavy (non-hydrogen) atoms. The Labute approximate surface area is 150 Å². The summed E-state index contributed by atoms with van der Waals surface area (Å²) in [4.78, 5) is 25.8. The highest BCUT2D eigenvalue weighted by Crippen LogP contribution is 2.39. The largest absolute Gasteiger partial charge is 0.465 e. The fourth-order valence-electron chi connectivity index (χ4n) is 3.09. The summed E-state index contributed by atoms with van der Waals surface area (Å²) in [5, 5.41) is 12.0. The van der Waals surface area contributed by atoms with Gasteiger partial charge in [-0.1, -0.05) is 41.9 Å². The highest BCUT2D eigenvalue weighted by atomic mass is 35.5. The average molecular weight is 360 g/mol. The van der Waals surface area contributed by atoms with E-state index in [1.807, 2.05) is 0 Å². The molecule has 3 rings (SSSR count). The summed E-state index contributed by atoms with van der Waals surface area (Å²) in [6.45, 7) is 1.59. The zero-order valence-electron chi connectivity index (χ0n) is 13.7. The molecule has 0 aromatic heterocycles. The van der Waals surface area contributed by atoms with Crippen LogP contribution in [0.4, 0.5) is 0 Å². The molecule has 130 valence electrons. The van der Waals surface area contributed by atoms with Gasteiger partial charge in [0.1, 0.15) is 6.54 Å². The second-order valence-electron chi connectivity index (χ2n) is 5.86. The zero-order valence-corrected chi connectivity index (χ0v) is 14.5. The van der Waals surface area contributed by atoms with E-state index in [0.29, 0.717) is 16.1 Å². The number of halogens is 1. The van der Waals surface area contributed by atoms with Crippen LogP contribution < -0.4 is 0 Å². The number of benzene rings is 2. The molecule has 0 saturated heterocycles. The number of ether oxygens (including phenoxy) is 1. The lowest BCUT2D eigenvalue weighted by atomic mass is 9.94. The van der Waals surface area contributed by atoms with Gasteiger partial charge in [0.25, 0.3) is 5.91 Å². The lowest BCUT2D eigenvalue weighted by Crippen LogP contribution is -2.48. The maximum atomic E-state index is 12.7. The summed E-state index contributed by atoms with van der Waals surface area (Å²) in [5.74, 6) is -0.946.